The van der Waals surface area contributed by atoms with Crippen molar-refractivity contribution in [2.45, 2.75) is 39.1 Å². The number of anilines is 1. The zero-order valence-corrected chi connectivity index (χ0v) is 20.7. The number of carbonyl (C=O) groups excluding carboxylic acids is 1. The standard InChI is InChI=1S/C24H30N4O4S/c1-16-11-17(2)13-21(12-16)28(33(30,31)24-18(3)26-27(5)19(24)4)15-23(29)25-14-20-7-9-22(32-6)10-8-20/h7-13H,14-15H2,1-6H3,(H,25,29). The lowest BCUT2D eigenvalue weighted by atomic mass is 10.1. The number of hydrogen-bond donors (Lipinski definition) is 1. The molecular formula is C24H30N4O4S. The summed E-state index contributed by atoms with van der Waals surface area (Å²) in [4.78, 5) is 13.0. The monoisotopic (exact) mass is 470 g/mol. The number of methoxy groups -OCH3 is 1. The van der Waals surface area contributed by atoms with Gasteiger partial charge < -0.3 is 10.1 Å². The fourth-order valence-electron chi connectivity index (χ4n) is 3.78. The smallest absolute Gasteiger partial charge is 0.268 e. The first-order valence-electron chi connectivity index (χ1n) is 10.5. The largest absolute Gasteiger partial charge is 0.497 e. The van der Waals surface area contributed by atoms with Gasteiger partial charge in [0.2, 0.25) is 5.91 Å². The Hall–Kier alpha value is -3.33. The van der Waals surface area contributed by atoms with Crippen LogP contribution in [-0.4, -0.2) is 37.8 Å². The molecule has 1 N–H and O–H groups in total. The van der Waals surface area contributed by atoms with Crippen molar-refractivity contribution in [3.63, 3.8) is 0 Å². The third kappa shape index (κ3) is 5.36. The van der Waals surface area contributed by atoms with E-state index in [1.54, 1.807) is 40.1 Å². The molecule has 3 aromatic rings. The van der Waals surface area contributed by atoms with E-state index in [1.807, 2.05) is 44.2 Å². The van der Waals surface area contributed by atoms with Crippen molar-refractivity contribution in [2.75, 3.05) is 18.0 Å². The molecule has 0 atom stereocenters. The lowest BCUT2D eigenvalue weighted by molar-refractivity contribution is -0.119. The summed E-state index contributed by atoms with van der Waals surface area (Å²) in [6.45, 7) is 7.07. The van der Waals surface area contributed by atoms with Crippen LogP contribution in [0, 0.1) is 27.7 Å². The van der Waals surface area contributed by atoms with Crippen LogP contribution in [0.15, 0.2) is 47.4 Å². The first-order chi connectivity index (χ1) is 15.5. The van der Waals surface area contributed by atoms with E-state index in [9.17, 15) is 13.2 Å². The van der Waals surface area contributed by atoms with E-state index < -0.39 is 15.9 Å². The van der Waals surface area contributed by atoms with Crippen molar-refractivity contribution >= 4 is 21.6 Å². The summed E-state index contributed by atoms with van der Waals surface area (Å²) in [6.07, 6.45) is 0. The Bertz CT molecular complexity index is 1240. The first kappa shape index (κ1) is 24.3. The van der Waals surface area contributed by atoms with E-state index in [4.69, 9.17) is 4.74 Å². The molecule has 0 aliphatic rings. The lowest BCUT2D eigenvalue weighted by Crippen LogP contribution is -2.41. The maximum Gasteiger partial charge on any atom is 0.268 e. The molecule has 2 aromatic carbocycles. The second kappa shape index (κ2) is 9.66. The number of sulfonamides is 1. The van der Waals surface area contributed by atoms with Crippen LogP contribution in [0.25, 0.3) is 0 Å². The topological polar surface area (TPSA) is 93.5 Å². The fourth-order valence-corrected chi connectivity index (χ4v) is 5.59. The third-order valence-corrected chi connectivity index (χ3v) is 7.45. The molecule has 3 rings (SSSR count). The Morgan fingerprint density at radius 3 is 2.18 bits per heavy atom. The molecule has 1 heterocycles. The molecule has 1 aromatic heterocycles. The molecule has 0 saturated heterocycles. The number of benzene rings is 2. The molecular weight excluding hydrogens is 440 g/mol. The molecule has 1 amide bonds. The number of nitrogens with one attached hydrogen (secondary N) is 1. The zero-order valence-electron chi connectivity index (χ0n) is 19.8. The molecule has 0 bridgehead atoms. The molecule has 8 nitrogen and oxygen atoms in total. The Morgan fingerprint density at radius 1 is 1.06 bits per heavy atom. The van der Waals surface area contributed by atoms with E-state index in [2.05, 4.69) is 10.4 Å². The summed E-state index contributed by atoms with van der Waals surface area (Å²) in [5.74, 6) is 0.312. The predicted octanol–water partition coefficient (Wildman–Crippen LogP) is 3.17. The van der Waals surface area contributed by atoms with Gasteiger partial charge in [-0.2, -0.15) is 5.10 Å². The van der Waals surface area contributed by atoms with Gasteiger partial charge in [0.1, 0.15) is 17.2 Å². The average Bonchev–Trinajstić information content (AvgIpc) is 3.01. The van der Waals surface area contributed by atoms with Gasteiger partial charge in [-0.3, -0.25) is 13.8 Å². The second-order valence-corrected chi connectivity index (χ2v) is 9.91. The number of amides is 1. The summed E-state index contributed by atoms with van der Waals surface area (Å²) in [5.41, 5.74) is 4.04. The molecule has 0 radical (unpaired) electrons. The maximum atomic E-state index is 13.8. The van der Waals surface area contributed by atoms with E-state index in [1.165, 1.54) is 4.68 Å². The highest BCUT2D eigenvalue weighted by Gasteiger charge is 2.32. The van der Waals surface area contributed by atoms with Crippen molar-refractivity contribution in [3.05, 3.63) is 70.5 Å². The van der Waals surface area contributed by atoms with E-state index in [0.717, 1.165) is 26.7 Å². The highest BCUT2D eigenvalue weighted by Crippen LogP contribution is 2.29. The lowest BCUT2D eigenvalue weighted by Gasteiger charge is -2.25. The molecule has 0 spiro atoms. The first-order valence-corrected chi connectivity index (χ1v) is 12.0. The minimum Gasteiger partial charge on any atom is -0.497 e. The summed E-state index contributed by atoms with van der Waals surface area (Å²) in [7, 11) is -0.756. The normalized spacial score (nSPS) is 11.3. The van der Waals surface area contributed by atoms with Gasteiger partial charge in [0, 0.05) is 13.6 Å². The number of rotatable bonds is 8. The Kier molecular flexibility index (Phi) is 7.12. The van der Waals surface area contributed by atoms with E-state index in [-0.39, 0.29) is 18.0 Å². The quantitative estimate of drug-likeness (QED) is 0.546. The second-order valence-electron chi connectivity index (χ2n) is 8.11. The molecule has 0 aliphatic carbocycles. The summed E-state index contributed by atoms with van der Waals surface area (Å²) in [5, 5.41) is 7.07. The number of ether oxygens (including phenoxy) is 1. The predicted molar refractivity (Wildman–Crippen MR) is 128 cm³/mol. The van der Waals surface area contributed by atoms with Crippen LogP contribution in [0.5, 0.6) is 5.75 Å². The minimum atomic E-state index is -4.04. The molecule has 33 heavy (non-hydrogen) atoms. The third-order valence-electron chi connectivity index (χ3n) is 5.42. The van der Waals surface area contributed by atoms with Gasteiger partial charge in [0.15, 0.2) is 0 Å². The van der Waals surface area contributed by atoms with Gasteiger partial charge in [-0.1, -0.05) is 18.2 Å². The number of aryl methyl sites for hydroxylation is 4. The summed E-state index contributed by atoms with van der Waals surface area (Å²) in [6, 6.07) is 12.8. The molecule has 0 unspecified atom stereocenters. The van der Waals surface area contributed by atoms with Crippen LogP contribution in [0.3, 0.4) is 0 Å². The van der Waals surface area contributed by atoms with Gasteiger partial charge >= 0.3 is 0 Å². The Balaban J connectivity index is 1.92. The highest BCUT2D eigenvalue weighted by atomic mass is 32.2. The van der Waals surface area contributed by atoms with Crippen molar-refractivity contribution in [3.8, 4) is 5.75 Å². The van der Waals surface area contributed by atoms with Gasteiger partial charge in [0.25, 0.3) is 10.0 Å². The summed E-state index contributed by atoms with van der Waals surface area (Å²) < 4.78 is 35.4. The summed E-state index contributed by atoms with van der Waals surface area (Å²) >= 11 is 0. The Morgan fingerprint density at radius 2 is 1.67 bits per heavy atom. The van der Waals surface area contributed by atoms with Crippen LogP contribution >= 0.6 is 0 Å². The molecule has 176 valence electrons. The number of aromatic nitrogens is 2. The van der Waals surface area contributed by atoms with Crippen LogP contribution in [0.1, 0.15) is 28.1 Å². The average molecular weight is 471 g/mol. The number of nitrogens with zero attached hydrogens (tertiary/aromatic N) is 3. The number of hydrogen-bond acceptors (Lipinski definition) is 5. The fraction of sp³-hybridized carbons (Fsp3) is 0.333. The van der Waals surface area contributed by atoms with Crippen LogP contribution in [0.2, 0.25) is 0 Å². The molecule has 0 saturated carbocycles. The van der Waals surface area contributed by atoms with Crippen molar-refractivity contribution in [2.24, 2.45) is 7.05 Å². The molecule has 0 fully saturated rings. The van der Waals surface area contributed by atoms with Gasteiger partial charge in [-0.05, 0) is 68.7 Å². The van der Waals surface area contributed by atoms with Crippen LogP contribution in [-0.2, 0) is 28.4 Å². The number of carbonyl (C=O) groups is 1. The van der Waals surface area contributed by atoms with E-state index in [0.29, 0.717) is 17.1 Å². The Labute approximate surface area is 195 Å². The van der Waals surface area contributed by atoms with Crippen molar-refractivity contribution in [1.82, 2.24) is 15.1 Å². The maximum absolute atomic E-state index is 13.8. The molecule has 9 heteroatoms. The van der Waals surface area contributed by atoms with Crippen LogP contribution in [0.4, 0.5) is 5.69 Å². The van der Waals surface area contributed by atoms with Crippen molar-refractivity contribution < 1.29 is 17.9 Å². The van der Waals surface area contributed by atoms with Gasteiger partial charge in [0.05, 0.1) is 24.2 Å². The van der Waals surface area contributed by atoms with Gasteiger partial charge in [-0.15, -0.1) is 0 Å². The van der Waals surface area contributed by atoms with Crippen LogP contribution < -0.4 is 14.4 Å². The SMILES string of the molecule is COc1ccc(CNC(=O)CN(c2cc(C)cc(C)c2)S(=O)(=O)c2c(C)nn(C)c2C)cc1. The van der Waals surface area contributed by atoms with Gasteiger partial charge in [-0.25, -0.2) is 8.42 Å². The van der Waals surface area contributed by atoms with E-state index >= 15 is 0 Å². The van der Waals surface area contributed by atoms with Crippen molar-refractivity contribution in [1.29, 1.82) is 0 Å². The zero-order chi connectivity index (χ0) is 24.3. The minimum absolute atomic E-state index is 0.118. The highest BCUT2D eigenvalue weighted by molar-refractivity contribution is 7.93. The molecule has 0 aliphatic heterocycles.